The maximum absolute atomic E-state index is 13.7. The third kappa shape index (κ3) is 4.52. The Morgan fingerprint density at radius 2 is 1.59 bits per heavy atom. The molecule has 0 saturated heterocycles. The molecule has 0 amide bonds. The van der Waals surface area contributed by atoms with Gasteiger partial charge in [0.25, 0.3) is 5.91 Å². The number of ether oxygens (including phenoxy) is 1. The van der Waals surface area contributed by atoms with Gasteiger partial charge in [0.2, 0.25) is 0 Å². The average Bonchev–Trinajstić information content (AvgIpc) is 3.00. The third-order valence-electron chi connectivity index (χ3n) is 8.49. The van der Waals surface area contributed by atoms with Crippen molar-refractivity contribution in [2.45, 2.75) is 77.0 Å². The lowest BCUT2D eigenvalue weighted by Gasteiger charge is -2.29. The van der Waals surface area contributed by atoms with E-state index in [-0.39, 0.29) is 5.91 Å². The fourth-order valence-electron chi connectivity index (χ4n) is 6.74. The van der Waals surface area contributed by atoms with Gasteiger partial charge in [-0.2, -0.15) is 0 Å². The summed E-state index contributed by atoms with van der Waals surface area (Å²) in [5.74, 6) is 3.15. The van der Waals surface area contributed by atoms with Gasteiger partial charge in [0, 0.05) is 21.7 Å². The number of rotatable bonds is 4. The summed E-state index contributed by atoms with van der Waals surface area (Å²) >= 11 is 6.08. The molecule has 3 nitrogen and oxygen atoms in total. The normalized spacial score (nSPS) is 22.0. The van der Waals surface area contributed by atoms with Crippen molar-refractivity contribution >= 4 is 28.4 Å². The Bertz CT molecular complexity index is 1160. The van der Waals surface area contributed by atoms with Crippen molar-refractivity contribution in [3.05, 3.63) is 64.3 Å². The molecule has 2 fully saturated rings. The Kier molecular flexibility index (Phi) is 7.01. The van der Waals surface area contributed by atoms with Gasteiger partial charge in [-0.1, -0.05) is 56.5 Å². The molecule has 34 heavy (non-hydrogen) atoms. The summed E-state index contributed by atoms with van der Waals surface area (Å²) in [6.45, 7) is 2.12. The lowest BCUT2D eigenvalue weighted by atomic mass is 9.76. The average molecular weight is 478 g/mol. The van der Waals surface area contributed by atoms with Crippen LogP contribution in [-0.2, 0) is 0 Å². The number of carbonyl (C=O) groups is 1. The molecule has 2 aromatic carbocycles. The molecule has 1 aromatic heterocycles. The molecule has 2 saturated carbocycles. The molecule has 2 aliphatic carbocycles. The number of hydrogen-bond acceptors (Lipinski definition) is 2. The van der Waals surface area contributed by atoms with Gasteiger partial charge >= 0.3 is 0 Å². The molecule has 1 unspecified atom stereocenters. The molecule has 5 rings (SSSR count). The highest BCUT2D eigenvalue weighted by atomic mass is 35.5. The molecule has 0 aliphatic heterocycles. The first-order valence-electron chi connectivity index (χ1n) is 13.1. The van der Waals surface area contributed by atoms with E-state index in [4.69, 9.17) is 16.3 Å². The molecular weight excluding hydrogens is 442 g/mol. The number of hydrogen-bond donors (Lipinski definition) is 0. The molecule has 0 radical (unpaired) electrons. The molecule has 1 heterocycles. The van der Waals surface area contributed by atoms with Crippen LogP contribution in [0.5, 0.6) is 5.75 Å². The van der Waals surface area contributed by atoms with Gasteiger partial charge in [0.1, 0.15) is 5.75 Å². The van der Waals surface area contributed by atoms with Crippen molar-refractivity contribution in [2.24, 2.45) is 11.8 Å². The summed E-state index contributed by atoms with van der Waals surface area (Å²) in [6.07, 6.45) is 13.5. The Morgan fingerprint density at radius 1 is 0.882 bits per heavy atom. The molecule has 4 heteroatoms. The number of halogens is 1. The van der Waals surface area contributed by atoms with E-state index in [1.165, 1.54) is 75.2 Å². The van der Waals surface area contributed by atoms with Gasteiger partial charge in [-0.05, 0) is 92.0 Å². The van der Waals surface area contributed by atoms with Crippen LogP contribution in [0.2, 0.25) is 5.02 Å². The Hall–Kier alpha value is -2.26. The summed E-state index contributed by atoms with van der Waals surface area (Å²) in [7, 11) is 1.71. The summed E-state index contributed by atoms with van der Waals surface area (Å²) in [6, 6.07) is 13.3. The van der Waals surface area contributed by atoms with Gasteiger partial charge in [-0.25, -0.2) is 0 Å². The van der Waals surface area contributed by atoms with Crippen LogP contribution in [0.3, 0.4) is 0 Å². The van der Waals surface area contributed by atoms with Crippen LogP contribution in [0.4, 0.5) is 0 Å². The van der Waals surface area contributed by atoms with E-state index < -0.39 is 0 Å². The van der Waals surface area contributed by atoms with Crippen molar-refractivity contribution in [3.8, 4) is 5.75 Å². The van der Waals surface area contributed by atoms with E-state index in [0.29, 0.717) is 16.5 Å². The first-order chi connectivity index (χ1) is 16.6. The zero-order valence-corrected chi connectivity index (χ0v) is 21.2. The number of benzene rings is 2. The fourth-order valence-corrected chi connectivity index (χ4v) is 6.87. The smallest absolute Gasteiger partial charge is 0.262 e. The van der Waals surface area contributed by atoms with Crippen LogP contribution in [0, 0.1) is 18.8 Å². The van der Waals surface area contributed by atoms with Crippen LogP contribution in [-0.4, -0.2) is 17.6 Å². The predicted octanol–water partition coefficient (Wildman–Crippen LogP) is 8.54. The topological polar surface area (TPSA) is 31.2 Å². The number of aromatic nitrogens is 1. The minimum absolute atomic E-state index is 0.00397. The Labute approximate surface area is 208 Å². The zero-order valence-electron chi connectivity index (χ0n) is 20.5. The zero-order chi connectivity index (χ0) is 23.7. The molecule has 3 aromatic rings. The Balaban J connectivity index is 1.52. The number of fused-ring (bicyclic) bond motifs is 1. The lowest BCUT2D eigenvalue weighted by molar-refractivity contribution is 0.0963. The number of carbonyl (C=O) groups excluding carboxylic acids is 1. The molecule has 180 valence electrons. The maximum Gasteiger partial charge on any atom is 0.262 e. The summed E-state index contributed by atoms with van der Waals surface area (Å²) < 4.78 is 7.50. The molecule has 0 N–H and O–H groups in total. The minimum Gasteiger partial charge on any atom is -0.497 e. The molecular formula is C30H36ClNO2. The number of methoxy groups -OCH3 is 1. The van der Waals surface area contributed by atoms with Crippen LogP contribution in [0.15, 0.2) is 42.5 Å². The van der Waals surface area contributed by atoms with E-state index in [2.05, 4.69) is 13.0 Å². The van der Waals surface area contributed by atoms with E-state index in [0.717, 1.165) is 28.8 Å². The highest BCUT2D eigenvalue weighted by Gasteiger charge is 2.30. The standard InChI is InChI=1S/C30H36ClNO2/c1-20-29(23-10-6-9-22(11-12-23)21-7-4-3-5-8-21)27-19-26(34-2)17-18-28(27)32(20)30(33)24-13-15-25(31)16-14-24/h13-19,21-23H,3-12H2,1-2H3/t22-,23?/m0/s1. The van der Waals surface area contributed by atoms with Crippen molar-refractivity contribution in [1.82, 2.24) is 4.57 Å². The Morgan fingerprint density at radius 3 is 2.32 bits per heavy atom. The maximum atomic E-state index is 13.7. The lowest BCUT2D eigenvalue weighted by Crippen LogP contribution is -2.17. The second-order valence-electron chi connectivity index (χ2n) is 10.4. The van der Waals surface area contributed by atoms with Gasteiger partial charge in [0.15, 0.2) is 0 Å². The fraction of sp³-hybridized carbons (Fsp3) is 0.500. The SMILES string of the molecule is COc1ccc2c(c1)c(C1CCC[C@H](C3CCCCC3)CC1)c(C)n2C(=O)c1ccc(Cl)cc1. The predicted molar refractivity (Wildman–Crippen MR) is 140 cm³/mol. The van der Waals surface area contributed by atoms with E-state index in [1.54, 1.807) is 19.2 Å². The summed E-state index contributed by atoms with van der Waals surface area (Å²) in [5.41, 5.74) is 4.05. The molecule has 2 atom stereocenters. The van der Waals surface area contributed by atoms with Crippen molar-refractivity contribution in [1.29, 1.82) is 0 Å². The van der Waals surface area contributed by atoms with Crippen LogP contribution < -0.4 is 4.74 Å². The highest BCUT2D eigenvalue weighted by Crippen LogP contribution is 2.44. The van der Waals surface area contributed by atoms with Crippen LogP contribution in [0.25, 0.3) is 10.9 Å². The van der Waals surface area contributed by atoms with E-state index in [1.807, 2.05) is 28.8 Å². The van der Waals surface area contributed by atoms with Crippen LogP contribution >= 0.6 is 11.6 Å². The second-order valence-corrected chi connectivity index (χ2v) is 10.8. The molecule has 0 bridgehead atoms. The minimum atomic E-state index is 0.00397. The molecule has 0 spiro atoms. The molecule has 2 aliphatic rings. The summed E-state index contributed by atoms with van der Waals surface area (Å²) in [4.78, 5) is 13.7. The quantitative estimate of drug-likeness (QED) is 0.352. The van der Waals surface area contributed by atoms with Crippen molar-refractivity contribution in [2.75, 3.05) is 7.11 Å². The first kappa shape index (κ1) is 23.5. The van der Waals surface area contributed by atoms with Gasteiger partial charge in [-0.3, -0.25) is 9.36 Å². The van der Waals surface area contributed by atoms with Crippen molar-refractivity contribution < 1.29 is 9.53 Å². The monoisotopic (exact) mass is 477 g/mol. The van der Waals surface area contributed by atoms with Gasteiger partial charge in [0.05, 0.1) is 12.6 Å². The first-order valence-corrected chi connectivity index (χ1v) is 13.4. The third-order valence-corrected chi connectivity index (χ3v) is 8.74. The van der Waals surface area contributed by atoms with Gasteiger partial charge in [-0.15, -0.1) is 0 Å². The number of nitrogens with zero attached hydrogens (tertiary/aromatic N) is 1. The van der Waals surface area contributed by atoms with E-state index in [9.17, 15) is 4.79 Å². The van der Waals surface area contributed by atoms with E-state index >= 15 is 0 Å². The second kappa shape index (κ2) is 10.2. The summed E-state index contributed by atoms with van der Waals surface area (Å²) in [5, 5.41) is 1.81. The highest BCUT2D eigenvalue weighted by molar-refractivity contribution is 6.30. The van der Waals surface area contributed by atoms with Crippen molar-refractivity contribution in [3.63, 3.8) is 0 Å². The van der Waals surface area contributed by atoms with Crippen LogP contribution in [0.1, 0.15) is 91.7 Å². The largest absolute Gasteiger partial charge is 0.497 e. The van der Waals surface area contributed by atoms with Gasteiger partial charge < -0.3 is 4.74 Å².